The molecule has 0 fully saturated rings. The molecule has 0 N–H and O–H groups in total. The Morgan fingerprint density at radius 1 is 1.05 bits per heavy atom. The van der Waals surface area contributed by atoms with E-state index in [9.17, 15) is 23.2 Å². The molecule has 0 saturated carbocycles. The number of fused-ring (bicyclic) bond motifs is 1. The maximum atomic E-state index is 13.5. The summed E-state index contributed by atoms with van der Waals surface area (Å²) in [5, 5.41) is 15.3. The van der Waals surface area contributed by atoms with Gasteiger partial charge in [-0.3, -0.25) is 4.79 Å². The van der Waals surface area contributed by atoms with Gasteiger partial charge in [0.05, 0.1) is 28.2 Å². The number of alkyl halides is 3. The largest absolute Gasteiger partial charge is 0.416 e. The molecule has 2 aromatic carbocycles. The Kier molecular flexibility index (Phi) is 6.48. The van der Waals surface area contributed by atoms with E-state index in [0.29, 0.717) is 22.0 Å². The third-order valence-corrected chi connectivity index (χ3v) is 7.86. The molecule has 0 aliphatic rings. The first-order valence-corrected chi connectivity index (χ1v) is 12.8. The first-order valence-electron chi connectivity index (χ1n) is 11.9. The van der Waals surface area contributed by atoms with Gasteiger partial charge in [-0.15, -0.1) is 11.3 Å². The van der Waals surface area contributed by atoms with Gasteiger partial charge in [-0.25, -0.2) is 4.98 Å². The number of benzene rings is 2. The van der Waals surface area contributed by atoms with Crippen LogP contribution < -0.4 is 5.56 Å². The van der Waals surface area contributed by atoms with Gasteiger partial charge in [0.1, 0.15) is 11.1 Å². The second-order valence-electron chi connectivity index (χ2n) is 9.13. The van der Waals surface area contributed by atoms with Gasteiger partial charge < -0.3 is 4.57 Å². The van der Waals surface area contributed by atoms with Gasteiger partial charge in [-0.2, -0.15) is 28.2 Å². The lowest BCUT2D eigenvalue weighted by molar-refractivity contribution is -0.137. The first-order chi connectivity index (χ1) is 18.5. The highest BCUT2D eigenvalue weighted by Gasteiger charge is 2.31. The summed E-state index contributed by atoms with van der Waals surface area (Å²) in [4.78, 5) is 19.0. The number of hydrogen-bond acceptors (Lipinski definition) is 5. The zero-order chi connectivity index (χ0) is 28.1. The van der Waals surface area contributed by atoms with Gasteiger partial charge in [0.25, 0.3) is 5.56 Å². The topological polar surface area (TPSA) is 76.0 Å². The number of hydrogen-bond donors (Lipinski definition) is 0. The van der Waals surface area contributed by atoms with Crippen LogP contribution in [0.4, 0.5) is 13.2 Å². The smallest absolute Gasteiger partial charge is 0.308 e. The molecule has 0 aliphatic heterocycles. The number of thiophene rings is 1. The predicted octanol–water partition coefficient (Wildman–Crippen LogP) is 6.92. The first kappa shape index (κ1) is 26.1. The Bertz CT molecular complexity index is 1890. The molecular formula is C29H22F3N5OS. The van der Waals surface area contributed by atoms with Crippen LogP contribution in [0.25, 0.3) is 27.3 Å². The van der Waals surface area contributed by atoms with Crippen LogP contribution in [0.5, 0.6) is 0 Å². The molecule has 5 aromatic rings. The van der Waals surface area contributed by atoms with Gasteiger partial charge in [-0.1, -0.05) is 24.3 Å². The van der Waals surface area contributed by atoms with Crippen molar-refractivity contribution >= 4 is 28.5 Å². The fourth-order valence-corrected chi connectivity index (χ4v) is 5.72. The molecule has 5 rings (SSSR count). The van der Waals surface area contributed by atoms with Gasteiger partial charge >= 0.3 is 6.18 Å². The van der Waals surface area contributed by atoms with Crippen molar-refractivity contribution in [3.05, 3.63) is 103 Å². The lowest BCUT2D eigenvalue weighted by Crippen LogP contribution is -2.20. The summed E-state index contributed by atoms with van der Waals surface area (Å²) in [6, 6.07) is 15.5. The number of aromatic nitrogens is 3. The molecule has 6 nitrogen and oxygen atoms in total. The molecular weight excluding hydrogens is 523 g/mol. The Hall–Kier alpha value is -4.49. The van der Waals surface area contributed by atoms with Gasteiger partial charge in [0.15, 0.2) is 5.82 Å². The minimum Gasteiger partial charge on any atom is -0.308 e. The molecule has 0 amide bonds. The number of nitriles is 1. The van der Waals surface area contributed by atoms with Crippen molar-refractivity contribution in [3.8, 4) is 22.5 Å². The molecule has 10 heteroatoms. The van der Waals surface area contributed by atoms with Gasteiger partial charge in [0, 0.05) is 27.4 Å². The molecule has 0 spiro atoms. The minimum atomic E-state index is -4.56. The maximum Gasteiger partial charge on any atom is 0.416 e. The highest BCUT2D eigenvalue weighted by molar-refractivity contribution is 7.14. The molecule has 0 atom stereocenters. The van der Waals surface area contributed by atoms with Crippen molar-refractivity contribution < 1.29 is 13.2 Å². The average Bonchev–Trinajstić information content (AvgIpc) is 3.35. The van der Waals surface area contributed by atoms with Crippen LogP contribution in [0.1, 0.15) is 38.5 Å². The van der Waals surface area contributed by atoms with Crippen LogP contribution in [-0.4, -0.2) is 20.4 Å². The van der Waals surface area contributed by atoms with Crippen molar-refractivity contribution in [1.29, 1.82) is 5.26 Å². The standard InChI is InChI=1S/C29H22F3N5OS/c1-16-12-21(18(3)36(16)28-24(14-33)17(2)19(4)39-28)15-34-37-26(20-8-7-9-22(13-20)29(30,31)32)35-25-11-6-5-10-23(25)27(37)38/h5-13,15H,1-4H3. The average molecular weight is 546 g/mol. The van der Waals surface area contributed by atoms with Gasteiger partial charge in [0.2, 0.25) is 0 Å². The van der Waals surface area contributed by atoms with Crippen molar-refractivity contribution in [3.63, 3.8) is 0 Å². The molecule has 39 heavy (non-hydrogen) atoms. The number of rotatable bonds is 4. The van der Waals surface area contributed by atoms with Crippen LogP contribution >= 0.6 is 11.3 Å². The SMILES string of the molecule is Cc1sc(-n2c(C)cc(C=Nn3c(-c4cccc(C(F)(F)F)c4)nc4ccccc4c3=O)c2C)c(C#N)c1C. The summed E-state index contributed by atoms with van der Waals surface area (Å²) in [7, 11) is 0. The summed E-state index contributed by atoms with van der Waals surface area (Å²) >= 11 is 1.52. The van der Waals surface area contributed by atoms with Gasteiger partial charge in [-0.05, 0) is 63.6 Å². The fraction of sp³-hybridized carbons (Fsp3) is 0.172. The van der Waals surface area contributed by atoms with Crippen LogP contribution in [0, 0.1) is 39.0 Å². The zero-order valence-electron chi connectivity index (χ0n) is 21.5. The molecule has 0 saturated heterocycles. The van der Waals surface area contributed by atoms with E-state index < -0.39 is 17.3 Å². The molecule has 0 bridgehead atoms. The van der Waals surface area contributed by atoms with E-state index >= 15 is 0 Å². The third kappa shape index (κ3) is 4.55. The van der Waals surface area contributed by atoms with E-state index in [2.05, 4.69) is 16.2 Å². The van der Waals surface area contributed by atoms with Crippen molar-refractivity contribution in [2.75, 3.05) is 0 Å². The number of para-hydroxylation sites is 1. The lowest BCUT2D eigenvalue weighted by Gasteiger charge is -2.12. The summed E-state index contributed by atoms with van der Waals surface area (Å²) < 4.78 is 43.4. The zero-order valence-corrected chi connectivity index (χ0v) is 22.3. The van der Waals surface area contributed by atoms with E-state index in [0.717, 1.165) is 43.6 Å². The Morgan fingerprint density at radius 2 is 1.79 bits per heavy atom. The van der Waals surface area contributed by atoms with Crippen LogP contribution in [0.3, 0.4) is 0 Å². The van der Waals surface area contributed by atoms with Crippen LogP contribution in [-0.2, 0) is 6.18 Å². The summed E-state index contributed by atoms with van der Waals surface area (Å²) in [5.41, 5.74) is 3.00. The second-order valence-corrected chi connectivity index (χ2v) is 10.3. The number of nitrogens with zero attached hydrogens (tertiary/aromatic N) is 5. The van der Waals surface area contributed by atoms with Crippen LogP contribution in [0.2, 0.25) is 0 Å². The molecule has 0 aliphatic carbocycles. The number of aryl methyl sites for hydroxylation is 2. The summed E-state index contributed by atoms with van der Waals surface area (Å²) in [5.74, 6) is -0.00821. The van der Waals surface area contributed by atoms with Crippen molar-refractivity contribution in [1.82, 2.24) is 14.2 Å². The highest BCUT2D eigenvalue weighted by Crippen LogP contribution is 2.34. The Labute approximate surface area is 225 Å². The quantitative estimate of drug-likeness (QED) is 0.230. The van der Waals surface area contributed by atoms with E-state index in [1.54, 1.807) is 24.3 Å². The van der Waals surface area contributed by atoms with Crippen LogP contribution in [0.15, 0.2) is 64.5 Å². The molecule has 0 unspecified atom stereocenters. The fourth-order valence-electron chi connectivity index (χ4n) is 4.50. The van der Waals surface area contributed by atoms with E-state index in [-0.39, 0.29) is 11.4 Å². The van der Waals surface area contributed by atoms with E-state index in [1.165, 1.54) is 29.7 Å². The Balaban J connectivity index is 1.68. The maximum absolute atomic E-state index is 13.5. The normalized spacial score (nSPS) is 11.9. The molecule has 3 heterocycles. The Morgan fingerprint density at radius 3 is 2.51 bits per heavy atom. The van der Waals surface area contributed by atoms with Crippen molar-refractivity contribution in [2.45, 2.75) is 33.9 Å². The lowest BCUT2D eigenvalue weighted by atomic mass is 10.1. The van der Waals surface area contributed by atoms with E-state index in [1.807, 2.05) is 38.3 Å². The summed E-state index contributed by atoms with van der Waals surface area (Å²) in [6.45, 7) is 7.68. The molecule has 196 valence electrons. The molecule has 3 aromatic heterocycles. The highest BCUT2D eigenvalue weighted by atomic mass is 32.1. The second kappa shape index (κ2) is 9.67. The third-order valence-electron chi connectivity index (χ3n) is 6.67. The molecule has 0 radical (unpaired) electrons. The minimum absolute atomic E-state index is 0.00821. The van der Waals surface area contributed by atoms with E-state index in [4.69, 9.17) is 0 Å². The number of halogens is 3. The van der Waals surface area contributed by atoms with Crippen molar-refractivity contribution in [2.24, 2.45) is 5.10 Å². The monoisotopic (exact) mass is 545 g/mol. The summed E-state index contributed by atoms with van der Waals surface area (Å²) in [6.07, 6.45) is -3.06. The predicted molar refractivity (Wildman–Crippen MR) is 147 cm³/mol.